The Labute approximate surface area is 102 Å². The summed E-state index contributed by atoms with van der Waals surface area (Å²) in [5.74, 6) is 0.288. The molecule has 0 bridgehead atoms. The van der Waals surface area contributed by atoms with Crippen molar-refractivity contribution in [3.63, 3.8) is 0 Å². The molecule has 1 aromatic carbocycles. The van der Waals surface area contributed by atoms with Gasteiger partial charge in [0.1, 0.15) is 5.75 Å². The number of unbranched alkanes of at least 4 members (excludes halogenated alkanes) is 2. The van der Waals surface area contributed by atoms with Crippen molar-refractivity contribution in [2.45, 2.75) is 39.5 Å². The Bertz CT molecular complexity index is 379. The van der Waals surface area contributed by atoms with Gasteiger partial charge in [-0.2, -0.15) is 0 Å². The van der Waals surface area contributed by atoms with E-state index in [0.29, 0.717) is 17.7 Å². The number of ketones is 1. The highest BCUT2D eigenvalue weighted by Crippen LogP contribution is 2.14. The Hall–Kier alpha value is -1.64. The van der Waals surface area contributed by atoms with Crippen molar-refractivity contribution < 1.29 is 14.3 Å². The van der Waals surface area contributed by atoms with Crippen molar-refractivity contribution in [3.05, 3.63) is 29.8 Å². The van der Waals surface area contributed by atoms with Crippen molar-refractivity contribution in [2.24, 2.45) is 0 Å². The van der Waals surface area contributed by atoms with Crippen LogP contribution in [0.2, 0.25) is 0 Å². The predicted octanol–water partition coefficient (Wildman–Crippen LogP) is 3.37. The highest BCUT2D eigenvalue weighted by Gasteiger charge is 2.05. The maximum Gasteiger partial charge on any atom is 0.311 e. The van der Waals surface area contributed by atoms with Gasteiger partial charge in [0, 0.05) is 12.0 Å². The van der Waals surface area contributed by atoms with E-state index in [-0.39, 0.29) is 11.8 Å². The molecule has 0 spiro atoms. The summed E-state index contributed by atoms with van der Waals surface area (Å²) in [4.78, 5) is 22.5. The third-order valence-electron chi connectivity index (χ3n) is 2.48. The fourth-order valence-electron chi connectivity index (χ4n) is 1.46. The van der Waals surface area contributed by atoms with Crippen LogP contribution < -0.4 is 4.74 Å². The Morgan fingerprint density at radius 1 is 1.12 bits per heavy atom. The molecule has 92 valence electrons. The first-order valence-corrected chi connectivity index (χ1v) is 5.95. The molecule has 1 rings (SSSR count). The fraction of sp³-hybridized carbons (Fsp3) is 0.429. The molecule has 0 saturated heterocycles. The van der Waals surface area contributed by atoms with E-state index in [0.717, 1.165) is 19.3 Å². The van der Waals surface area contributed by atoms with Crippen LogP contribution in [0.4, 0.5) is 0 Å². The molecule has 0 aromatic heterocycles. The molecule has 0 amide bonds. The van der Waals surface area contributed by atoms with Gasteiger partial charge in [-0.25, -0.2) is 0 Å². The number of hydrogen-bond acceptors (Lipinski definition) is 3. The second kappa shape index (κ2) is 6.84. The monoisotopic (exact) mass is 234 g/mol. The van der Waals surface area contributed by atoms with Crippen LogP contribution in [-0.2, 0) is 4.79 Å². The van der Waals surface area contributed by atoms with Crippen LogP contribution in [0, 0.1) is 0 Å². The maximum absolute atomic E-state index is 11.4. The zero-order chi connectivity index (χ0) is 12.7. The van der Waals surface area contributed by atoms with E-state index >= 15 is 0 Å². The van der Waals surface area contributed by atoms with Gasteiger partial charge in [-0.1, -0.05) is 19.8 Å². The Morgan fingerprint density at radius 2 is 1.76 bits per heavy atom. The highest BCUT2D eigenvalue weighted by atomic mass is 16.5. The third-order valence-corrected chi connectivity index (χ3v) is 2.48. The zero-order valence-electron chi connectivity index (χ0n) is 10.4. The van der Waals surface area contributed by atoms with Crippen LogP contribution in [0.5, 0.6) is 5.75 Å². The topological polar surface area (TPSA) is 43.4 Å². The van der Waals surface area contributed by atoms with E-state index in [4.69, 9.17) is 4.74 Å². The van der Waals surface area contributed by atoms with E-state index in [1.54, 1.807) is 24.3 Å². The molecule has 0 atom stereocenters. The molecule has 1 aromatic rings. The molecule has 3 nitrogen and oxygen atoms in total. The van der Waals surface area contributed by atoms with Gasteiger partial charge in [-0.15, -0.1) is 0 Å². The number of Topliss-reactive ketones (excluding diaryl/α,β-unsaturated/α-hetero) is 1. The van der Waals surface area contributed by atoms with Gasteiger partial charge < -0.3 is 4.74 Å². The van der Waals surface area contributed by atoms with Crippen LogP contribution in [0.25, 0.3) is 0 Å². The molecule has 0 unspecified atom stereocenters. The molecule has 0 aliphatic heterocycles. The Kier molecular flexibility index (Phi) is 5.40. The largest absolute Gasteiger partial charge is 0.427 e. The molecule has 0 aliphatic carbocycles. The predicted molar refractivity (Wildman–Crippen MR) is 66.2 cm³/mol. The van der Waals surface area contributed by atoms with Crippen LogP contribution in [-0.4, -0.2) is 11.8 Å². The molecular formula is C14H18O3. The van der Waals surface area contributed by atoms with Crippen molar-refractivity contribution in [1.82, 2.24) is 0 Å². The summed E-state index contributed by atoms with van der Waals surface area (Å²) in [6.45, 7) is 3.59. The number of hydrogen-bond donors (Lipinski definition) is 0. The molecule has 0 N–H and O–H groups in total. The second-order valence-electron chi connectivity index (χ2n) is 4.01. The normalized spacial score (nSPS) is 10.0. The molecule has 0 fully saturated rings. The van der Waals surface area contributed by atoms with Crippen LogP contribution in [0.15, 0.2) is 24.3 Å². The van der Waals surface area contributed by atoms with Gasteiger partial charge in [0.15, 0.2) is 5.78 Å². The minimum absolute atomic E-state index is 0.00539. The quantitative estimate of drug-likeness (QED) is 0.328. The number of benzene rings is 1. The summed E-state index contributed by atoms with van der Waals surface area (Å²) in [5.41, 5.74) is 0.621. The molecule has 3 heteroatoms. The maximum atomic E-state index is 11.4. The molecule has 0 heterocycles. The van der Waals surface area contributed by atoms with Gasteiger partial charge in [0.05, 0.1) is 0 Å². The van der Waals surface area contributed by atoms with Crippen LogP contribution in [0.3, 0.4) is 0 Å². The van der Waals surface area contributed by atoms with Gasteiger partial charge in [-0.05, 0) is 37.6 Å². The Balaban J connectivity index is 2.46. The summed E-state index contributed by atoms with van der Waals surface area (Å²) in [5, 5.41) is 0. The van der Waals surface area contributed by atoms with Gasteiger partial charge in [-0.3, -0.25) is 9.59 Å². The lowest BCUT2D eigenvalue weighted by Gasteiger charge is -2.04. The minimum atomic E-state index is -0.214. The number of carbonyl (C=O) groups is 2. The average Bonchev–Trinajstić information content (AvgIpc) is 2.30. The van der Waals surface area contributed by atoms with Gasteiger partial charge >= 0.3 is 5.97 Å². The lowest BCUT2D eigenvalue weighted by atomic mass is 10.1. The van der Waals surface area contributed by atoms with E-state index in [9.17, 15) is 9.59 Å². The lowest BCUT2D eigenvalue weighted by molar-refractivity contribution is -0.134. The molecule has 17 heavy (non-hydrogen) atoms. The molecule has 0 saturated carbocycles. The minimum Gasteiger partial charge on any atom is -0.427 e. The smallest absolute Gasteiger partial charge is 0.311 e. The molecule has 0 radical (unpaired) electrons. The van der Waals surface area contributed by atoms with Crippen molar-refractivity contribution in [3.8, 4) is 5.75 Å². The zero-order valence-corrected chi connectivity index (χ0v) is 10.4. The lowest BCUT2D eigenvalue weighted by Crippen LogP contribution is -2.07. The number of rotatable bonds is 6. The van der Waals surface area contributed by atoms with E-state index in [1.165, 1.54) is 6.92 Å². The summed E-state index contributed by atoms with van der Waals surface area (Å²) in [6.07, 6.45) is 3.43. The summed E-state index contributed by atoms with van der Waals surface area (Å²) in [7, 11) is 0. The van der Waals surface area contributed by atoms with Crippen LogP contribution in [0.1, 0.15) is 49.9 Å². The second-order valence-corrected chi connectivity index (χ2v) is 4.01. The SMILES string of the molecule is CCCCCC(=O)Oc1ccc(C(C)=O)cc1. The van der Waals surface area contributed by atoms with E-state index < -0.39 is 0 Å². The summed E-state index contributed by atoms with van der Waals surface area (Å²) < 4.78 is 5.15. The first-order valence-electron chi connectivity index (χ1n) is 5.95. The van der Waals surface area contributed by atoms with Crippen molar-refractivity contribution >= 4 is 11.8 Å². The molecular weight excluding hydrogens is 216 g/mol. The average molecular weight is 234 g/mol. The number of ether oxygens (including phenoxy) is 1. The van der Waals surface area contributed by atoms with Crippen molar-refractivity contribution in [1.29, 1.82) is 0 Å². The summed E-state index contributed by atoms with van der Waals surface area (Å²) in [6, 6.07) is 6.62. The van der Waals surface area contributed by atoms with E-state index in [2.05, 4.69) is 6.92 Å². The number of carbonyl (C=O) groups excluding carboxylic acids is 2. The van der Waals surface area contributed by atoms with Gasteiger partial charge in [0.25, 0.3) is 0 Å². The summed E-state index contributed by atoms with van der Waals surface area (Å²) >= 11 is 0. The third kappa shape index (κ3) is 4.81. The van der Waals surface area contributed by atoms with Crippen molar-refractivity contribution in [2.75, 3.05) is 0 Å². The highest BCUT2D eigenvalue weighted by molar-refractivity contribution is 5.94. The fourth-order valence-corrected chi connectivity index (χ4v) is 1.46. The first-order chi connectivity index (χ1) is 8.13. The Morgan fingerprint density at radius 3 is 2.29 bits per heavy atom. The first kappa shape index (κ1) is 13.4. The standard InChI is InChI=1S/C14H18O3/c1-3-4-5-6-14(16)17-13-9-7-12(8-10-13)11(2)15/h7-10H,3-6H2,1-2H3. The van der Waals surface area contributed by atoms with E-state index in [1.807, 2.05) is 0 Å². The van der Waals surface area contributed by atoms with Crippen LogP contribution >= 0.6 is 0 Å². The van der Waals surface area contributed by atoms with Gasteiger partial charge in [0.2, 0.25) is 0 Å². The molecule has 0 aliphatic rings. The number of esters is 1.